The molecule has 0 saturated carbocycles. The molecule has 3 rings (SSSR count). The zero-order valence-electron chi connectivity index (χ0n) is 15.5. The third-order valence-electron chi connectivity index (χ3n) is 4.49. The molecule has 1 amide bonds. The van der Waals surface area contributed by atoms with Crippen LogP contribution < -0.4 is 4.74 Å². The summed E-state index contributed by atoms with van der Waals surface area (Å²) < 4.78 is 18.8. The quantitative estimate of drug-likeness (QED) is 0.746. The molecule has 2 aromatic rings. The number of amides is 1. The summed E-state index contributed by atoms with van der Waals surface area (Å²) in [6.45, 7) is 2.55. The molecular formula is C21H23FN2O3. The van der Waals surface area contributed by atoms with Gasteiger partial charge in [0.05, 0.1) is 19.4 Å². The van der Waals surface area contributed by atoms with Gasteiger partial charge in [-0.05, 0) is 29.8 Å². The Hall–Kier alpha value is -2.89. The summed E-state index contributed by atoms with van der Waals surface area (Å²) in [6, 6.07) is 13.9. The number of ether oxygens (including phenoxy) is 1. The Morgan fingerprint density at radius 1 is 1.30 bits per heavy atom. The van der Waals surface area contributed by atoms with E-state index in [-0.39, 0.29) is 17.8 Å². The lowest BCUT2D eigenvalue weighted by Gasteiger charge is -2.24. The minimum absolute atomic E-state index is 0.00592. The van der Waals surface area contributed by atoms with Crippen LogP contribution in [-0.4, -0.2) is 36.3 Å². The lowest BCUT2D eigenvalue weighted by molar-refractivity contribution is -0.133. The van der Waals surface area contributed by atoms with Gasteiger partial charge in [0.2, 0.25) is 5.91 Å². The normalized spacial score (nSPS) is 15.8. The number of rotatable bonds is 7. The van der Waals surface area contributed by atoms with Crippen LogP contribution in [0.5, 0.6) is 5.75 Å². The van der Waals surface area contributed by atoms with Gasteiger partial charge in [0.15, 0.2) is 6.10 Å². The van der Waals surface area contributed by atoms with E-state index in [1.165, 1.54) is 12.1 Å². The maximum Gasteiger partial charge on any atom is 0.222 e. The SMILES string of the molecule is CCC(=O)N(Cc1cccc(F)c1)C[C@@H]1CC(c2ccccc2OC)=NO1. The molecule has 2 aromatic carbocycles. The van der Waals surface area contributed by atoms with E-state index in [2.05, 4.69) is 5.16 Å². The Morgan fingerprint density at radius 2 is 2.11 bits per heavy atom. The maximum absolute atomic E-state index is 13.5. The van der Waals surface area contributed by atoms with Gasteiger partial charge in [-0.15, -0.1) is 0 Å². The third-order valence-corrected chi connectivity index (χ3v) is 4.49. The lowest BCUT2D eigenvalue weighted by atomic mass is 10.0. The first kappa shape index (κ1) is 18.9. The predicted molar refractivity (Wildman–Crippen MR) is 101 cm³/mol. The molecule has 1 aliphatic rings. The topological polar surface area (TPSA) is 51.1 Å². The molecule has 0 bridgehead atoms. The molecule has 0 N–H and O–H groups in total. The third kappa shape index (κ3) is 4.64. The molecule has 1 aliphatic heterocycles. The summed E-state index contributed by atoms with van der Waals surface area (Å²) in [7, 11) is 1.62. The van der Waals surface area contributed by atoms with Gasteiger partial charge < -0.3 is 14.5 Å². The number of oxime groups is 1. The van der Waals surface area contributed by atoms with E-state index < -0.39 is 0 Å². The fourth-order valence-corrected chi connectivity index (χ4v) is 3.15. The second-order valence-corrected chi connectivity index (χ2v) is 6.43. The van der Waals surface area contributed by atoms with Crippen molar-refractivity contribution >= 4 is 11.6 Å². The molecule has 5 nitrogen and oxygen atoms in total. The van der Waals surface area contributed by atoms with Crippen LogP contribution in [0.2, 0.25) is 0 Å². The number of carbonyl (C=O) groups is 1. The minimum Gasteiger partial charge on any atom is -0.496 e. The number of halogens is 1. The summed E-state index contributed by atoms with van der Waals surface area (Å²) in [5, 5.41) is 4.19. The van der Waals surface area contributed by atoms with Gasteiger partial charge in [0.1, 0.15) is 11.6 Å². The Bertz CT molecular complexity index is 838. The molecular weight excluding hydrogens is 347 g/mol. The summed E-state index contributed by atoms with van der Waals surface area (Å²) >= 11 is 0. The fourth-order valence-electron chi connectivity index (χ4n) is 3.15. The van der Waals surface area contributed by atoms with Crippen LogP contribution >= 0.6 is 0 Å². The van der Waals surface area contributed by atoms with Crippen molar-refractivity contribution in [1.82, 2.24) is 4.90 Å². The van der Waals surface area contributed by atoms with Crippen LogP contribution in [0.25, 0.3) is 0 Å². The number of carbonyl (C=O) groups excluding carboxylic acids is 1. The van der Waals surface area contributed by atoms with Crippen LogP contribution in [0.1, 0.15) is 30.9 Å². The van der Waals surface area contributed by atoms with E-state index in [0.717, 1.165) is 22.6 Å². The molecule has 27 heavy (non-hydrogen) atoms. The smallest absolute Gasteiger partial charge is 0.222 e. The molecule has 0 aliphatic carbocycles. The molecule has 0 spiro atoms. The van der Waals surface area contributed by atoms with E-state index in [1.54, 1.807) is 18.1 Å². The Morgan fingerprint density at radius 3 is 2.85 bits per heavy atom. The minimum atomic E-state index is -0.310. The highest BCUT2D eigenvalue weighted by molar-refractivity contribution is 6.03. The molecule has 1 heterocycles. The Labute approximate surface area is 158 Å². The van der Waals surface area contributed by atoms with Crippen molar-refractivity contribution < 1.29 is 18.8 Å². The summed E-state index contributed by atoms with van der Waals surface area (Å²) in [6.07, 6.45) is 0.716. The Balaban J connectivity index is 1.68. The highest BCUT2D eigenvalue weighted by Gasteiger charge is 2.27. The van der Waals surface area contributed by atoms with Crippen LogP contribution in [-0.2, 0) is 16.2 Å². The molecule has 0 aromatic heterocycles. The summed E-state index contributed by atoms with van der Waals surface area (Å²) in [4.78, 5) is 19.6. The fraction of sp³-hybridized carbons (Fsp3) is 0.333. The van der Waals surface area contributed by atoms with Crippen LogP contribution in [0.4, 0.5) is 4.39 Å². The van der Waals surface area contributed by atoms with Crippen LogP contribution in [0.3, 0.4) is 0 Å². The van der Waals surface area contributed by atoms with Gasteiger partial charge in [-0.25, -0.2) is 4.39 Å². The van der Waals surface area contributed by atoms with E-state index >= 15 is 0 Å². The average Bonchev–Trinajstić information content (AvgIpc) is 3.15. The molecule has 0 fully saturated rings. The maximum atomic E-state index is 13.5. The number of para-hydroxylation sites is 1. The van der Waals surface area contributed by atoms with E-state index in [1.807, 2.05) is 37.3 Å². The summed E-state index contributed by atoms with van der Waals surface area (Å²) in [5.41, 5.74) is 2.44. The van der Waals surface area contributed by atoms with Crippen LogP contribution in [0.15, 0.2) is 53.7 Å². The summed E-state index contributed by atoms with van der Waals surface area (Å²) in [5.74, 6) is 0.422. The van der Waals surface area contributed by atoms with Crippen LogP contribution in [0, 0.1) is 5.82 Å². The first-order valence-corrected chi connectivity index (χ1v) is 8.99. The monoisotopic (exact) mass is 370 g/mol. The number of benzene rings is 2. The largest absolute Gasteiger partial charge is 0.496 e. The first-order valence-electron chi connectivity index (χ1n) is 8.99. The van der Waals surface area contributed by atoms with Crippen molar-refractivity contribution in [3.8, 4) is 5.75 Å². The number of nitrogens with zero attached hydrogens (tertiary/aromatic N) is 2. The first-order chi connectivity index (χ1) is 13.1. The molecule has 0 saturated heterocycles. The molecule has 0 radical (unpaired) electrons. The van der Waals surface area contributed by atoms with Crippen molar-refractivity contribution in [1.29, 1.82) is 0 Å². The van der Waals surface area contributed by atoms with E-state index in [0.29, 0.717) is 25.9 Å². The second-order valence-electron chi connectivity index (χ2n) is 6.43. The Kier molecular flexibility index (Phi) is 6.06. The van der Waals surface area contributed by atoms with Gasteiger partial charge in [-0.2, -0.15) is 0 Å². The molecule has 1 atom stereocenters. The number of hydrogen-bond acceptors (Lipinski definition) is 4. The lowest BCUT2D eigenvalue weighted by Crippen LogP contribution is -2.36. The van der Waals surface area contributed by atoms with Gasteiger partial charge in [0.25, 0.3) is 0 Å². The molecule has 142 valence electrons. The van der Waals surface area contributed by atoms with Crippen molar-refractivity contribution in [3.05, 3.63) is 65.5 Å². The molecule has 0 unspecified atom stereocenters. The highest BCUT2D eigenvalue weighted by Crippen LogP contribution is 2.25. The van der Waals surface area contributed by atoms with Gasteiger partial charge in [-0.1, -0.05) is 36.3 Å². The highest BCUT2D eigenvalue weighted by atomic mass is 19.1. The van der Waals surface area contributed by atoms with Crippen molar-refractivity contribution in [2.75, 3.05) is 13.7 Å². The standard InChI is InChI=1S/C21H23FN2O3/c1-3-21(25)24(13-15-7-6-8-16(22)11-15)14-17-12-19(23-27-17)18-9-4-5-10-20(18)26-2/h4-11,17H,3,12-14H2,1-2H3/t17-/m0/s1. The van der Waals surface area contributed by atoms with Crippen molar-refractivity contribution in [2.45, 2.75) is 32.4 Å². The number of hydrogen-bond donors (Lipinski definition) is 0. The number of methoxy groups -OCH3 is 1. The average molecular weight is 370 g/mol. The zero-order valence-corrected chi connectivity index (χ0v) is 15.5. The zero-order chi connectivity index (χ0) is 19.2. The van der Waals surface area contributed by atoms with Gasteiger partial charge in [-0.3, -0.25) is 4.79 Å². The molecule has 6 heteroatoms. The van der Waals surface area contributed by atoms with Gasteiger partial charge in [0, 0.05) is 24.9 Å². The second kappa shape index (κ2) is 8.66. The van der Waals surface area contributed by atoms with Gasteiger partial charge >= 0.3 is 0 Å². The van der Waals surface area contributed by atoms with Crippen molar-refractivity contribution in [2.24, 2.45) is 5.16 Å². The van der Waals surface area contributed by atoms with E-state index in [4.69, 9.17) is 9.57 Å². The van der Waals surface area contributed by atoms with E-state index in [9.17, 15) is 9.18 Å². The van der Waals surface area contributed by atoms with Crippen molar-refractivity contribution in [3.63, 3.8) is 0 Å². The predicted octanol–water partition coefficient (Wildman–Crippen LogP) is 3.77.